The van der Waals surface area contributed by atoms with Crippen LogP contribution in [-0.4, -0.2) is 25.5 Å². The van der Waals surface area contributed by atoms with Crippen molar-refractivity contribution < 1.29 is 0 Å². The van der Waals surface area contributed by atoms with Crippen molar-refractivity contribution in [2.45, 2.75) is 32.6 Å². The smallest absolute Gasteiger partial charge is 0.0345 e. The quantitative estimate of drug-likeness (QED) is 0.681. The van der Waals surface area contributed by atoms with Crippen LogP contribution in [0.4, 0.5) is 0 Å². The van der Waals surface area contributed by atoms with Crippen LogP contribution >= 0.6 is 23.7 Å². The first-order valence-electron chi connectivity index (χ1n) is 8.46. The van der Waals surface area contributed by atoms with Gasteiger partial charge in [-0.3, -0.25) is 0 Å². The van der Waals surface area contributed by atoms with Crippen LogP contribution in [0.3, 0.4) is 0 Å². The average Bonchev–Trinajstić information content (AvgIpc) is 3.03. The molecule has 2 atom stereocenters. The number of hydrogen-bond donors (Lipinski definition) is 0. The highest BCUT2D eigenvalue weighted by Crippen LogP contribution is 2.49. The van der Waals surface area contributed by atoms with Gasteiger partial charge in [-0.15, -0.1) is 23.7 Å². The highest BCUT2D eigenvalue weighted by Gasteiger charge is 2.35. The lowest BCUT2D eigenvalue weighted by molar-refractivity contribution is 0.413. The van der Waals surface area contributed by atoms with Gasteiger partial charge in [0.2, 0.25) is 0 Å². The molecule has 4 rings (SSSR count). The molecule has 1 fully saturated rings. The van der Waals surface area contributed by atoms with Gasteiger partial charge in [-0.1, -0.05) is 11.6 Å². The molecule has 0 saturated heterocycles. The second-order valence-corrected chi connectivity index (χ2v) is 8.38. The molecule has 0 amide bonds. The molecule has 124 valence electrons. The van der Waals surface area contributed by atoms with Crippen molar-refractivity contribution in [3.8, 4) is 0 Å². The fourth-order valence-electron chi connectivity index (χ4n) is 4.56. The van der Waals surface area contributed by atoms with Crippen LogP contribution in [0, 0.1) is 18.8 Å². The number of likely N-dealkylation sites (N-methyl/N-ethyl adjacent to an activating group) is 1. The zero-order valence-electron chi connectivity index (χ0n) is 14.3. The van der Waals surface area contributed by atoms with Crippen molar-refractivity contribution in [1.82, 2.24) is 4.90 Å². The van der Waals surface area contributed by atoms with Gasteiger partial charge < -0.3 is 4.90 Å². The van der Waals surface area contributed by atoms with Crippen molar-refractivity contribution in [2.24, 2.45) is 11.8 Å². The summed E-state index contributed by atoms with van der Waals surface area (Å²) in [6.45, 7) is 3.37. The number of halogens is 1. The van der Waals surface area contributed by atoms with Gasteiger partial charge in [-0.2, -0.15) is 0 Å². The minimum Gasteiger partial charge on any atom is -0.305 e. The number of benzene rings is 1. The van der Waals surface area contributed by atoms with Crippen molar-refractivity contribution in [1.29, 1.82) is 0 Å². The van der Waals surface area contributed by atoms with Crippen LogP contribution in [0.1, 0.15) is 36.8 Å². The number of fused-ring (bicyclic) bond motifs is 3. The second-order valence-electron chi connectivity index (χ2n) is 7.46. The van der Waals surface area contributed by atoms with Crippen LogP contribution in [0.25, 0.3) is 15.7 Å². The molecule has 2 aromatic rings. The van der Waals surface area contributed by atoms with E-state index in [9.17, 15) is 0 Å². The average molecular weight is 348 g/mol. The lowest BCUT2D eigenvalue weighted by atomic mass is 9.79. The molecular formula is C20H26ClNS. The molecule has 2 unspecified atom stereocenters. The summed E-state index contributed by atoms with van der Waals surface area (Å²) in [7, 11) is 4.40. The molecule has 1 aromatic carbocycles. The number of aryl methyl sites for hydroxylation is 1. The van der Waals surface area contributed by atoms with E-state index < -0.39 is 0 Å². The van der Waals surface area contributed by atoms with Crippen molar-refractivity contribution >= 4 is 39.4 Å². The van der Waals surface area contributed by atoms with Gasteiger partial charge in [0, 0.05) is 11.2 Å². The van der Waals surface area contributed by atoms with E-state index in [2.05, 4.69) is 49.5 Å². The van der Waals surface area contributed by atoms with Gasteiger partial charge in [-0.25, -0.2) is 0 Å². The SMILES string of the molecule is Cc1csc2ccc(C3=C(CN(C)C)CC4CCC3C4)cc12.Cl. The number of nitrogens with zero attached hydrogens (tertiary/aromatic N) is 1. The van der Waals surface area contributed by atoms with E-state index in [-0.39, 0.29) is 12.4 Å². The summed E-state index contributed by atoms with van der Waals surface area (Å²) in [5.74, 6) is 1.76. The van der Waals surface area contributed by atoms with Gasteiger partial charge in [0.15, 0.2) is 0 Å². The third-order valence-electron chi connectivity index (χ3n) is 5.45. The summed E-state index contributed by atoms with van der Waals surface area (Å²) in [6, 6.07) is 7.18. The Labute approximate surface area is 149 Å². The highest BCUT2D eigenvalue weighted by atomic mass is 35.5. The molecule has 2 aliphatic rings. The largest absolute Gasteiger partial charge is 0.305 e. The van der Waals surface area contributed by atoms with E-state index in [1.165, 1.54) is 46.9 Å². The van der Waals surface area contributed by atoms with Crippen LogP contribution in [0.5, 0.6) is 0 Å². The molecule has 0 N–H and O–H groups in total. The second kappa shape index (κ2) is 6.58. The first-order chi connectivity index (χ1) is 10.6. The third-order valence-corrected chi connectivity index (χ3v) is 6.53. The standard InChI is InChI=1S/C20H25NS.ClH/c1-13-12-22-19-7-6-16(10-18(13)19)20-15-5-4-14(8-15)9-17(20)11-21(2)3;/h6-7,10,12,14-15H,4-5,8-9,11H2,1-3H3;1H. The van der Waals surface area contributed by atoms with Gasteiger partial charge in [0.05, 0.1) is 0 Å². The Morgan fingerprint density at radius 2 is 2.04 bits per heavy atom. The molecule has 2 aliphatic carbocycles. The molecule has 3 heteroatoms. The molecule has 1 aromatic heterocycles. The molecule has 1 nitrogen and oxygen atoms in total. The first-order valence-corrected chi connectivity index (χ1v) is 9.34. The molecule has 1 saturated carbocycles. The summed E-state index contributed by atoms with van der Waals surface area (Å²) in [5, 5.41) is 3.75. The molecule has 1 heterocycles. The summed E-state index contributed by atoms with van der Waals surface area (Å²) < 4.78 is 1.43. The Balaban J connectivity index is 0.00000156. The topological polar surface area (TPSA) is 3.24 Å². The number of thiophene rings is 1. The van der Waals surface area contributed by atoms with E-state index in [0.717, 1.165) is 18.4 Å². The van der Waals surface area contributed by atoms with Crippen molar-refractivity contribution in [3.05, 3.63) is 40.3 Å². The van der Waals surface area contributed by atoms with Crippen LogP contribution < -0.4 is 0 Å². The van der Waals surface area contributed by atoms with Crippen molar-refractivity contribution in [2.75, 3.05) is 20.6 Å². The first kappa shape index (κ1) is 17.0. The molecule has 2 bridgehead atoms. The minimum atomic E-state index is 0. The molecular weight excluding hydrogens is 322 g/mol. The predicted molar refractivity (Wildman–Crippen MR) is 105 cm³/mol. The number of allylic oxidation sites excluding steroid dienone is 1. The summed E-state index contributed by atoms with van der Waals surface area (Å²) in [4.78, 5) is 2.34. The maximum absolute atomic E-state index is 2.46. The number of rotatable bonds is 3. The Morgan fingerprint density at radius 3 is 2.83 bits per heavy atom. The Morgan fingerprint density at radius 1 is 1.22 bits per heavy atom. The van der Waals surface area contributed by atoms with Gasteiger partial charge in [-0.05, 0) is 98.1 Å². The van der Waals surface area contributed by atoms with Crippen LogP contribution in [0.15, 0.2) is 29.2 Å². The molecule has 0 aliphatic heterocycles. The maximum atomic E-state index is 2.46. The molecule has 0 spiro atoms. The minimum absolute atomic E-state index is 0. The van der Waals surface area contributed by atoms with E-state index in [0.29, 0.717) is 0 Å². The lowest BCUT2D eigenvalue weighted by Crippen LogP contribution is -2.21. The predicted octanol–water partition coefficient (Wildman–Crippen LogP) is 5.77. The van der Waals surface area contributed by atoms with Gasteiger partial charge in [0.1, 0.15) is 0 Å². The zero-order chi connectivity index (χ0) is 15.3. The summed E-state index contributed by atoms with van der Waals surface area (Å²) >= 11 is 1.87. The normalized spacial score (nSPS) is 23.7. The molecule has 23 heavy (non-hydrogen) atoms. The van der Waals surface area contributed by atoms with Gasteiger partial charge in [0.25, 0.3) is 0 Å². The third kappa shape index (κ3) is 3.09. The Bertz CT molecular complexity index is 743. The Hall–Kier alpha value is -0.830. The van der Waals surface area contributed by atoms with E-state index in [4.69, 9.17) is 0 Å². The van der Waals surface area contributed by atoms with Crippen LogP contribution in [0.2, 0.25) is 0 Å². The number of hydrogen-bond acceptors (Lipinski definition) is 2. The van der Waals surface area contributed by atoms with Gasteiger partial charge >= 0.3 is 0 Å². The molecule has 0 radical (unpaired) electrons. The monoisotopic (exact) mass is 347 g/mol. The van der Waals surface area contributed by atoms with E-state index in [1.807, 2.05) is 11.3 Å². The maximum Gasteiger partial charge on any atom is 0.0345 e. The zero-order valence-corrected chi connectivity index (χ0v) is 15.9. The Kier molecular flexibility index (Phi) is 4.87. The van der Waals surface area contributed by atoms with E-state index in [1.54, 1.807) is 11.1 Å². The fourth-order valence-corrected chi connectivity index (χ4v) is 5.49. The van der Waals surface area contributed by atoms with Crippen LogP contribution in [-0.2, 0) is 0 Å². The summed E-state index contributed by atoms with van der Waals surface area (Å²) in [5.41, 5.74) is 6.32. The lowest BCUT2D eigenvalue weighted by Gasteiger charge is -2.29. The highest BCUT2D eigenvalue weighted by molar-refractivity contribution is 7.17. The van der Waals surface area contributed by atoms with E-state index >= 15 is 0 Å². The summed E-state index contributed by atoms with van der Waals surface area (Å²) in [6.07, 6.45) is 5.58. The van der Waals surface area contributed by atoms with Crippen molar-refractivity contribution in [3.63, 3.8) is 0 Å². The fraction of sp³-hybridized carbons (Fsp3) is 0.500.